The lowest BCUT2D eigenvalue weighted by Crippen LogP contribution is -2.45. The fourth-order valence-electron chi connectivity index (χ4n) is 1.70. The number of nitrogens with one attached hydrogen (secondary N) is 1. The minimum absolute atomic E-state index is 0.355. The van der Waals surface area contributed by atoms with Gasteiger partial charge in [-0.2, -0.15) is 0 Å². The minimum atomic E-state index is -0.915. The summed E-state index contributed by atoms with van der Waals surface area (Å²) in [5.41, 5.74) is 1.67. The van der Waals surface area contributed by atoms with E-state index in [2.05, 4.69) is 5.32 Å². The van der Waals surface area contributed by atoms with Gasteiger partial charge in [0.25, 0.3) is 0 Å². The number of benzene rings is 1. The fourth-order valence-corrected chi connectivity index (χ4v) is 2.35. The number of carboxylic acid groups (broad SMARTS) is 1. The maximum absolute atomic E-state index is 11.0. The summed E-state index contributed by atoms with van der Waals surface area (Å²) in [4.78, 5) is 12.6. The SMILES string of the molecule is CCN(C(=S)Nc1c(C)cccc1Cl)C(C)C(=O)O. The van der Waals surface area contributed by atoms with Gasteiger partial charge in [0.05, 0.1) is 10.7 Å². The Kier molecular flexibility index (Phi) is 5.57. The van der Waals surface area contributed by atoms with Crippen molar-refractivity contribution in [2.75, 3.05) is 11.9 Å². The molecule has 0 aliphatic carbocycles. The van der Waals surface area contributed by atoms with Crippen molar-refractivity contribution in [3.8, 4) is 0 Å². The molecule has 4 nitrogen and oxygen atoms in total. The summed E-state index contributed by atoms with van der Waals surface area (Å²) in [7, 11) is 0. The van der Waals surface area contributed by atoms with Gasteiger partial charge in [0.2, 0.25) is 0 Å². The number of aliphatic carboxylic acids is 1. The molecule has 0 spiro atoms. The van der Waals surface area contributed by atoms with E-state index in [4.69, 9.17) is 28.9 Å². The summed E-state index contributed by atoms with van der Waals surface area (Å²) in [5.74, 6) is -0.915. The van der Waals surface area contributed by atoms with E-state index in [0.29, 0.717) is 22.4 Å². The molecule has 19 heavy (non-hydrogen) atoms. The number of nitrogens with zero attached hydrogens (tertiary/aromatic N) is 1. The number of hydrogen-bond acceptors (Lipinski definition) is 2. The number of aryl methyl sites for hydroxylation is 1. The number of likely N-dealkylation sites (N-methyl/N-ethyl adjacent to an activating group) is 1. The Hall–Kier alpha value is -1.33. The highest BCUT2D eigenvalue weighted by Crippen LogP contribution is 2.25. The smallest absolute Gasteiger partial charge is 0.326 e. The molecule has 2 N–H and O–H groups in total. The van der Waals surface area contributed by atoms with Crippen LogP contribution in [0, 0.1) is 6.92 Å². The van der Waals surface area contributed by atoms with E-state index in [9.17, 15) is 4.79 Å². The molecule has 0 saturated heterocycles. The van der Waals surface area contributed by atoms with Gasteiger partial charge in [-0.25, -0.2) is 4.79 Å². The highest BCUT2D eigenvalue weighted by atomic mass is 35.5. The predicted octanol–water partition coefficient (Wildman–Crippen LogP) is 3.14. The first kappa shape index (κ1) is 15.7. The third-order valence-corrected chi connectivity index (χ3v) is 3.53. The summed E-state index contributed by atoms with van der Waals surface area (Å²) in [6.07, 6.45) is 0. The molecule has 0 heterocycles. The standard InChI is InChI=1S/C13H17ClN2O2S/c1-4-16(9(3)12(17)18)13(19)15-11-8(2)6-5-7-10(11)14/h5-7,9H,4H2,1-3H3,(H,15,19)(H,17,18). The third-order valence-electron chi connectivity index (χ3n) is 2.88. The van der Waals surface area contributed by atoms with Crippen LogP contribution in [0.15, 0.2) is 18.2 Å². The second kappa shape index (κ2) is 6.73. The van der Waals surface area contributed by atoms with Crippen LogP contribution >= 0.6 is 23.8 Å². The van der Waals surface area contributed by atoms with Gasteiger partial charge in [-0.15, -0.1) is 0 Å². The number of rotatable bonds is 4. The monoisotopic (exact) mass is 300 g/mol. The molecule has 104 valence electrons. The van der Waals surface area contributed by atoms with Gasteiger partial charge in [0.1, 0.15) is 6.04 Å². The highest BCUT2D eigenvalue weighted by molar-refractivity contribution is 7.80. The zero-order valence-corrected chi connectivity index (χ0v) is 12.7. The van der Waals surface area contributed by atoms with Gasteiger partial charge in [0.15, 0.2) is 5.11 Å². The van der Waals surface area contributed by atoms with Crippen LogP contribution in [0.1, 0.15) is 19.4 Å². The molecule has 1 aromatic rings. The molecule has 0 aliphatic heterocycles. The predicted molar refractivity (Wildman–Crippen MR) is 81.9 cm³/mol. The van der Waals surface area contributed by atoms with E-state index in [1.807, 2.05) is 26.0 Å². The molecule has 1 rings (SSSR count). The summed E-state index contributed by atoms with van der Waals surface area (Å²) in [6, 6.07) is 4.83. The Morgan fingerprint density at radius 2 is 2.21 bits per heavy atom. The Labute approximate surface area is 123 Å². The van der Waals surface area contributed by atoms with Gasteiger partial charge in [-0.05, 0) is 44.6 Å². The Morgan fingerprint density at radius 3 is 2.68 bits per heavy atom. The first-order chi connectivity index (χ1) is 8.88. The van der Waals surface area contributed by atoms with Crippen molar-refractivity contribution in [3.05, 3.63) is 28.8 Å². The number of para-hydroxylation sites is 1. The number of carbonyl (C=O) groups is 1. The molecule has 1 aromatic carbocycles. The molecular weight excluding hydrogens is 284 g/mol. The van der Waals surface area contributed by atoms with Crippen LogP contribution in [-0.4, -0.2) is 33.7 Å². The molecule has 0 amide bonds. The van der Waals surface area contributed by atoms with Crippen LogP contribution in [0.3, 0.4) is 0 Å². The number of anilines is 1. The van der Waals surface area contributed by atoms with Crippen LogP contribution in [0.2, 0.25) is 5.02 Å². The van der Waals surface area contributed by atoms with Crippen molar-refractivity contribution in [1.82, 2.24) is 4.90 Å². The van der Waals surface area contributed by atoms with Gasteiger partial charge in [-0.1, -0.05) is 23.7 Å². The van der Waals surface area contributed by atoms with Gasteiger partial charge < -0.3 is 15.3 Å². The Bertz CT molecular complexity index is 473. The van der Waals surface area contributed by atoms with Crippen molar-refractivity contribution >= 4 is 40.6 Å². The third kappa shape index (κ3) is 3.81. The molecule has 0 aliphatic rings. The maximum Gasteiger partial charge on any atom is 0.326 e. The summed E-state index contributed by atoms with van der Waals surface area (Å²) < 4.78 is 0. The second-order valence-electron chi connectivity index (χ2n) is 4.16. The molecule has 6 heteroatoms. The topological polar surface area (TPSA) is 52.6 Å². The average Bonchev–Trinajstić information content (AvgIpc) is 2.34. The maximum atomic E-state index is 11.0. The van der Waals surface area contributed by atoms with Crippen LogP contribution in [0.5, 0.6) is 0 Å². The average molecular weight is 301 g/mol. The van der Waals surface area contributed by atoms with Crippen LogP contribution in [0.4, 0.5) is 5.69 Å². The van der Waals surface area contributed by atoms with Crippen molar-refractivity contribution in [1.29, 1.82) is 0 Å². The van der Waals surface area contributed by atoms with E-state index < -0.39 is 12.0 Å². The lowest BCUT2D eigenvalue weighted by atomic mass is 10.2. The van der Waals surface area contributed by atoms with Crippen molar-refractivity contribution in [2.45, 2.75) is 26.8 Å². The van der Waals surface area contributed by atoms with Crippen molar-refractivity contribution in [3.63, 3.8) is 0 Å². The highest BCUT2D eigenvalue weighted by Gasteiger charge is 2.22. The lowest BCUT2D eigenvalue weighted by Gasteiger charge is -2.28. The normalized spacial score (nSPS) is 11.8. The van der Waals surface area contributed by atoms with E-state index >= 15 is 0 Å². The second-order valence-corrected chi connectivity index (χ2v) is 4.96. The van der Waals surface area contributed by atoms with Crippen LogP contribution in [0.25, 0.3) is 0 Å². The first-order valence-corrected chi connectivity index (χ1v) is 6.72. The molecule has 0 saturated carbocycles. The molecular formula is C13H17ClN2O2S. The first-order valence-electron chi connectivity index (χ1n) is 5.94. The number of thiocarbonyl (C=S) groups is 1. The van der Waals surface area contributed by atoms with Gasteiger partial charge >= 0.3 is 5.97 Å². The molecule has 1 unspecified atom stereocenters. The summed E-state index contributed by atoms with van der Waals surface area (Å²) >= 11 is 11.4. The number of halogens is 1. The molecule has 0 fully saturated rings. The largest absolute Gasteiger partial charge is 0.480 e. The zero-order chi connectivity index (χ0) is 14.6. The molecule has 1 atom stereocenters. The van der Waals surface area contributed by atoms with Crippen LogP contribution in [-0.2, 0) is 4.79 Å². The minimum Gasteiger partial charge on any atom is -0.480 e. The van der Waals surface area contributed by atoms with Gasteiger partial charge in [-0.3, -0.25) is 0 Å². The van der Waals surface area contributed by atoms with E-state index in [-0.39, 0.29) is 0 Å². The van der Waals surface area contributed by atoms with Crippen LogP contribution < -0.4 is 5.32 Å². The lowest BCUT2D eigenvalue weighted by molar-refractivity contribution is -0.141. The van der Waals surface area contributed by atoms with Crippen molar-refractivity contribution < 1.29 is 9.90 Å². The van der Waals surface area contributed by atoms with E-state index in [1.165, 1.54) is 0 Å². The zero-order valence-electron chi connectivity index (χ0n) is 11.1. The van der Waals surface area contributed by atoms with E-state index in [1.54, 1.807) is 17.9 Å². The number of carboxylic acids is 1. The summed E-state index contributed by atoms with van der Waals surface area (Å²) in [6.45, 7) is 5.86. The van der Waals surface area contributed by atoms with Gasteiger partial charge in [0, 0.05) is 6.54 Å². The number of hydrogen-bond donors (Lipinski definition) is 2. The van der Waals surface area contributed by atoms with Crippen molar-refractivity contribution in [2.24, 2.45) is 0 Å². The molecule has 0 aromatic heterocycles. The summed E-state index contributed by atoms with van der Waals surface area (Å²) in [5, 5.41) is 13.0. The Morgan fingerprint density at radius 1 is 1.58 bits per heavy atom. The quantitative estimate of drug-likeness (QED) is 0.837. The Balaban J connectivity index is 2.92. The molecule has 0 radical (unpaired) electrons. The molecule has 0 bridgehead atoms. The van der Waals surface area contributed by atoms with E-state index in [0.717, 1.165) is 5.56 Å². The fraction of sp³-hybridized carbons (Fsp3) is 0.385.